The van der Waals surface area contributed by atoms with Gasteiger partial charge in [-0.2, -0.15) is 0 Å². The Morgan fingerprint density at radius 2 is 2.20 bits per heavy atom. The van der Waals surface area contributed by atoms with Crippen molar-refractivity contribution < 1.29 is 4.79 Å². The van der Waals surface area contributed by atoms with Crippen LogP contribution in [-0.2, 0) is 4.79 Å². The van der Waals surface area contributed by atoms with Crippen molar-refractivity contribution in [3.8, 4) is 5.69 Å². The highest BCUT2D eigenvalue weighted by molar-refractivity contribution is 7.80. The number of hydrogen-bond acceptors (Lipinski definition) is 5. The number of rotatable bonds is 2. The van der Waals surface area contributed by atoms with E-state index in [1.807, 2.05) is 25.1 Å². The van der Waals surface area contributed by atoms with Crippen molar-refractivity contribution in [1.29, 1.82) is 0 Å². The molecule has 0 saturated carbocycles. The van der Waals surface area contributed by atoms with E-state index in [9.17, 15) is 4.79 Å². The van der Waals surface area contributed by atoms with Gasteiger partial charge in [-0.05, 0) is 60.3 Å². The van der Waals surface area contributed by atoms with Crippen LogP contribution in [0.15, 0.2) is 24.5 Å². The van der Waals surface area contributed by atoms with Crippen LogP contribution in [0.3, 0.4) is 0 Å². The summed E-state index contributed by atoms with van der Waals surface area (Å²) >= 11 is 5.19. The van der Waals surface area contributed by atoms with Crippen LogP contribution >= 0.6 is 12.2 Å². The topological polar surface area (TPSA) is 75.9 Å². The first-order valence-corrected chi connectivity index (χ1v) is 6.47. The number of anilines is 1. The van der Waals surface area contributed by atoms with E-state index in [0.29, 0.717) is 5.11 Å². The maximum Gasteiger partial charge on any atom is 0.255 e. The average molecular weight is 288 g/mol. The third kappa shape index (κ3) is 1.94. The van der Waals surface area contributed by atoms with Gasteiger partial charge in [0.05, 0.1) is 11.4 Å². The molecular formula is C12H12N6OS. The van der Waals surface area contributed by atoms with Gasteiger partial charge in [0.1, 0.15) is 12.4 Å². The Kier molecular flexibility index (Phi) is 2.94. The molecule has 1 aromatic heterocycles. The summed E-state index contributed by atoms with van der Waals surface area (Å²) in [4.78, 5) is 13.6. The second-order valence-corrected chi connectivity index (χ2v) is 4.96. The van der Waals surface area contributed by atoms with Gasteiger partial charge >= 0.3 is 0 Å². The van der Waals surface area contributed by atoms with E-state index < -0.39 is 0 Å². The number of carbonyl (C=O) groups is 1. The lowest BCUT2D eigenvalue weighted by Crippen LogP contribution is -2.30. The molecule has 1 amide bonds. The summed E-state index contributed by atoms with van der Waals surface area (Å²) in [6.45, 7) is 3.72. The number of benzene rings is 1. The lowest BCUT2D eigenvalue weighted by atomic mass is 10.1. The van der Waals surface area contributed by atoms with Crippen molar-refractivity contribution in [2.45, 2.75) is 19.9 Å². The summed E-state index contributed by atoms with van der Waals surface area (Å²) in [5.74, 6) is -0.0513. The minimum Gasteiger partial charge on any atom is -0.350 e. The zero-order valence-electron chi connectivity index (χ0n) is 10.9. The predicted molar refractivity (Wildman–Crippen MR) is 76.6 cm³/mol. The molecular weight excluding hydrogens is 276 g/mol. The van der Waals surface area contributed by atoms with E-state index >= 15 is 0 Å². The van der Waals surface area contributed by atoms with E-state index in [2.05, 4.69) is 20.8 Å². The summed E-state index contributed by atoms with van der Waals surface area (Å²) < 4.78 is 1.57. The van der Waals surface area contributed by atoms with Gasteiger partial charge < -0.3 is 5.32 Å². The summed E-state index contributed by atoms with van der Waals surface area (Å²) in [7, 11) is 0. The van der Waals surface area contributed by atoms with Crippen LogP contribution in [-0.4, -0.2) is 37.3 Å². The molecule has 0 unspecified atom stereocenters. The second kappa shape index (κ2) is 4.64. The minimum absolute atomic E-state index is 0.0513. The highest BCUT2D eigenvalue weighted by Gasteiger charge is 2.33. The first-order chi connectivity index (χ1) is 9.58. The molecule has 0 bridgehead atoms. The molecule has 1 aliphatic rings. The molecule has 102 valence electrons. The van der Waals surface area contributed by atoms with E-state index in [0.717, 1.165) is 16.9 Å². The number of nitrogens with zero attached hydrogens (tertiary/aromatic N) is 5. The number of carbonyl (C=O) groups excluding carboxylic acids is 1. The van der Waals surface area contributed by atoms with Crippen LogP contribution in [0, 0.1) is 6.92 Å². The number of thiocarbonyl (C=S) groups is 1. The van der Waals surface area contributed by atoms with E-state index in [-0.39, 0.29) is 11.9 Å². The Hall–Kier alpha value is -2.35. The largest absolute Gasteiger partial charge is 0.350 e. The van der Waals surface area contributed by atoms with Crippen molar-refractivity contribution >= 4 is 28.9 Å². The number of amides is 1. The van der Waals surface area contributed by atoms with Crippen LogP contribution in [0.5, 0.6) is 0 Å². The maximum atomic E-state index is 12.1. The summed E-state index contributed by atoms with van der Waals surface area (Å²) in [6.07, 6.45) is 1.53. The van der Waals surface area contributed by atoms with Gasteiger partial charge in [-0.1, -0.05) is 0 Å². The van der Waals surface area contributed by atoms with Gasteiger partial charge in [-0.3, -0.25) is 9.69 Å². The summed E-state index contributed by atoms with van der Waals surface area (Å²) in [5, 5.41) is 14.4. The van der Waals surface area contributed by atoms with Gasteiger partial charge in [-0.25, -0.2) is 4.68 Å². The smallest absolute Gasteiger partial charge is 0.255 e. The van der Waals surface area contributed by atoms with E-state index in [1.54, 1.807) is 11.6 Å². The molecule has 3 rings (SSSR count). The fourth-order valence-corrected chi connectivity index (χ4v) is 2.53. The Labute approximate surface area is 120 Å². The van der Waals surface area contributed by atoms with Crippen molar-refractivity contribution in [3.63, 3.8) is 0 Å². The standard InChI is InChI=1S/C12H12N6OS/c1-7-5-9(18-11(19)8(2)14-12(18)20)3-4-10(7)17-6-13-15-16-17/h3-6,8H,1-2H3,(H,14,20)/t8-/m1/s1. The zero-order chi connectivity index (χ0) is 14.3. The summed E-state index contributed by atoms with van der Waals surface area (Å²) in [6, 6.07) is 5.29. The first-order valence-electron chi connectivity index (χ1n) is 6.06. The molecule has 8 heteroatoms. The normalized spacial score (nSPS) is 18.5. The molecule has 20 heavy (non-hydrogen) atoms. The Morgan fingerprint density at radius 3 is 2.75 bits per heavy atom. The molecule has 0 aliphatic carbocycles. The molecule has 1 atom stereocenters. The number of aromatic nitrogens is 4. The monoisotopic (exact) mass is 288 g/mol. The van der Waals surface area contributed by atoms with Crippen LogP contribution < -0.4 is 10.2 Å². The highest BCUT2D eigenvalue weighted by Crippen LogP contribution is 2.24. The van der Waals surface area contributed by atoms with Crippen molar-refractivity contribution in [2.24, 2.45) is 0 Å². The average Bonchev–Trinajstić information content (AvgIpc) is 2.99. The minimum atomic E-state index is -0.290. The first kappa shape index (κ1) is 12.7. The zero-order valence-corrected chi connectivity index (χ0v) is 11.8. The van der Waals surface area contributed by atoms with E-state index in [1.165, 1.54) is 11.2 Å². The van der Waals surface area contributed by atoms with E-state index in [4.69, 9.17) is 12.2 Å². The Balaban J connectivity index is 1.99. The van der Waals surface area contributed by atoms with Gasteiger partial charge in [0.25, 0.3) is 5.91 Å². The molecule has 2 aromatic rings. The summed E-state index contributed by atoms with van der Waals surface area (Å²) in [5.41, 5.74) is 2.55. The molecule has 7 nitrogen and oxygen atoms in total. The van der Waals surface area contributed by atoms with Crippen LogP contribution in [0.25, 0.3) is 5.69 Å². The molecule has 2 heterocycles. The van der Waals surface area contributed by atoms with Gasteiger partial charge in [-0.15, -0.1) is 5.10 Å². The lowest BCUT2D eigenvalue weighted by molar-refractivity contribution is -0.117. The van der Waals surface area contributed by atoms with Crippen molar-refractivity contribution in [1.82, 2.24) is 25.5 Å². The number of nitrogens with one attached hydrogen (secondary N) is 1. The molecule has 0 radical (unpaired) electrons. The predicted octanol–water partition coefficient (Wildman–Crippen LogP) is 0.580. The SMILES string of the molecule is Cc1cc(N2C(=O)[C@@H](C)NC2=S)ccc1-n1cnnn1. The van der Waals surface area contributed by atoms with Crippen molar-refractivity contribution in [3.05, 3.63) is 30.1 Å². The van der Waals surface area contributed by atoms with Crippen molar-refractivity contribution in [2.75, 3.05) is 4.90 Å². The Morgan fingerprint density at radius 1 is 1.40 bits per heavy atom. The third-order valence-electron chi connectivity index (χ3n) is 3.17. The number of tetrazole rings is 1. The number of hydrogen-bond donors (Lipinski definition) is 1. The van der Waals surface area contributed by atoms with Crippen LogP contribution in [0.4, 0.5) is 5.69 Å². The molecule has 0 spiro atoms. The Bertz CT molecular complexity index is 683. The lowest BCUT2D eigenvalue weighted by Gasteiger charge is -2.16. The van der Waals surface area contributed by atoms with Gasteiger partial charge in [0.2, 0.25) is 0 Å². The molecule has 1 fully saturated rings. The van der Waals surface area contributed by atoms with Gasteiger partial charge in [0, 0.05) is 0 Å². The molecule has 1 aromatic carbocycles. The third-order valence-corrected chi connectivity index (χ3v) is 3.47. The number of aryl methyl sites for hydroxylation is 1. The van der Waals surface area contributed by atoms with Crippen LogP contribution in [0.1, 0.15) is 12.5 Å². The fourth-order valence-electron chi connectivity index (χ4n) is 2.16. The quantitative estimate of drug-likeness (QED) is 0.815. The fraction of sp³-hybridized carbons (Fsp3) is 0.250. The highest BCUT2D eigenvalue weighted by atomic mass is 32.1. The molecule has 1 aliphatic heterocycles. The van der Waals surface area contributed by atoms with Crippen LogP contribution in [0.2, 0.25) is 0 Å². The maximum absolute atomic E-state index is 12.1. The van der Waals surface area contributed by atoms with Gasteiger partial charge in [0.15, 0.2) is 5.11 Å². The molecule has 1 N–H and O–H groups in total. The molecule has 1 saturated heterocycles. The second-order valence-electron chi connectivity index (χ2n) is 4.57.